The predicted octanol–water partition coefficient (Wildman–Crippen LogP) is 3.90. The van der Waals surface area contributed by atoms with Gasteiger partial charge in [-0.05, 0) is 35.4 Å². The summed E-state index contributed by atoms with van der Waals surface area (Å²) in [5.74, 6) is 0.461. The lowest BCUT2D eigenvalue weighted by atomic mass is 10.0. The van der Waals surface area contributed by atoms with Crippen molar-refractivity contribution in [1.82, 2.24) is 9.97 Å². The van der Waals surface area contributed by atoms with Gasteiger partial charge in [-0.25, -0.2) is 9.97 Å². The lowest BCUT2D eigenvalue weighted by Crippen LogP contribution is -2.03. The second-order valence-corrected chi connectivity index (χ2v) is 6.71. The smallest absolute Gasteiger partial charge is 0.123 e. The van der Waals surface area contributed by atoms with Crippen LogP contribution in [0.3, 0.4) is 0 Å². The molecule has 0 atom stereocenters. The van der Waals surface area contributed by atoms with Crippen LogP contribution >= 0.6 is 35.8 Å². The molecule has 0 aliphatic heterocycles. The average Bonchev–Trinajstić information content (AvgIpc) is 2.64. The quantitative estimate of drug-likeness (QED) is 0.591. The number of aromatic nitrogens is 2. The summed E-state index contributed by atoms with van der Waals surface area (Å²) in [5, 5.41) is 10.8. The normalized spacial score (nSPS) is 10.4. The van der Waals surface area contributed by atoms with Crippen LogP contribution in [0.25, 0.3) is 11.1 Å². The number of nitrogen functional groups attached to an aromatic ring is 1. The summed E-state index contributed by atoms with van der Waals surface area (Å²) >= 11 is 7.84. The number of pyridine rings is 2. The molecular weight excluding hydrogens is 391 g/mol. The fraction of sp³-hybridized carbons (Fsp3) is 0.111. The van der Waals surface area contributed by atoms with Crippen molar-refractivity contribution in [3.05, 3.63) is 64.9 Å². The Balaban J connectivity index is 0.00000243. The Bertz CT molecular complexity index is 891. The van der Waals surface area contributed by atoms with Crippen LogP contribution in [0.4, 0.5) is 5.82 Å². The highest BCUT2D eigenvalue weighted by atomic mass is 35.5. The number of aliphatic hydroxyl groups is 1. The number of aliphatic hydroxyl groups excluding tert-OH is 1. The summed E-state index contributed by atoms with van der Waals surface area (Å²) in [5.41, 5.74) is 15.2. The highest BCUT2D eigenvalue weighted by Gasteiger charge is 2.16. The van der Waals surface area contributed by atoms with E-state index in [9.17, 15) is 5.11 Å². The molecule has 1 aromatic carbocycles. The van der Waals surface area contributed by atoms with E-state index in [2.05, 4.69) is 9.97 Å². The zero-order valence-electron chi connectivity index (χ0n) is 13.7. The largest absolute Gasteiger partial charge is 0.392 e. The molecule has 0 amide bonds. The fourth-order valence-corrected chi connectivity index (χ4v) is 3.83. The maximum absolute atomic E-state index is 9.52. The number of rotatable bonds is 5. The van der Waals surface area contributed by atoms with Crippen LogP contribution in [-0.4, -0.2) is 15.1 Å². The Labute approximate surface area is 167 Å². The van der Waals surface area contributed by atoms with Gasteiger partial charge in [0.1, 0.15) is 10.8 Å². The van der Waals surface area contributed by atoms with E-state index in [-0.39, 0.29) is 19.0 Å². The monoisotopic (exact) mass is 408 g/mol. The predicted molar refractivity (Wildman–Crippen MR) is 109 cm³/mol. The summed E-state index contributed by atoms with van der Waals surface area (Å²) in [4.78, 5) is 9.32. The Morgan fingerprint density at radius 1 is 1.12 bits per heavy atom. The fourth-order valence-electron chi connectivity index (χ4n) is 2.48. The van der Waals surface area contributed by atoms with Gasteiger partial charge in [-0.15, -0.1) is 12.4 Å². The van der Waals surface area contributed by atoms with Crippen LogP contribution < -0.4 is 11.5 Å². The molecule has 0 bridgehead atoms. The van der Waals surface area contributed by atoms with Gasteiger partial charge in [0.2, 0.25) is 0 Å². The number of benzene rings is 1. The minimum absolute atomic E-state index is 0. The van der Waals surface area contributed by atoms with E-state index in [1.807, 2.05) is 24.3 Å². The number of hydrogen-bond donors (Lipinski definition) is 3. The molecule has 0 saturated carbocycles. The third-order valence-electron chi connectivity index (χ3n) is 3.73. The minimum Gasteiger partial charge on any atom is -0.392 e. The standard InChI is InChI=1S/C18H17ClN4OS.ClH/c19-15-5-4-13(11-3-6-16(21)23-9-11)14(8-20)17(15)25-18-12(10-24)2-1-7-22-18;/h1-7,9,24H,8,10,20H2,(H2,21,23);1H. The molecular formula is C18H18Cl2N4OS. The summed E-state index contributed by atoms with van der Waals surface area (Å²) in [6, 6.07) is 11.0. The van der Waals surface area contributed by atoms with Gasteiger partial charge < -0.3 is 16.6 Å². The number of nitrogens with zero attached hydrogens (tertiary/aromatic N) is 2. The molecule has 8 heteroatoms. The van der Waals surface area contributed by atoms with E-state index < -0.39 is 0 Å². The maximum atomic E-state index is 9.52. The van der Waals surface area contributed by atoms with E-state index in [1.54, 1.807) is 24.5 Å². The van der Waals surface area contributed by atoms with Crippen molar-refractivity contribution >= 4 is 41.6 Å². The van der Waals surface area contributed by atoms with E-state index in [0.29, 0.717) is 22.4 Å². The van der Waals surface area contributed by atoms with Crippen LogP contribution in [-0.2, 0) is 13.2 Å². The molecule has 0 unspecified atom stereocenters. The third-order valence-corrected chi connectivity index (χ3v) is 5.39. The summed E-state index contributed by atoms with van der Waals surface area (Å²) in [6.45, 7) is 0.219. The summed E-state index contributed by atoms with van der Waals surface area (Å²) < 4.78 is 0. The Morgan fingerprint density at radius 2 is 1.92 bits per heavy atom. The van der Waals surface area contributed by atoms with E-state index in [0.717, 1.165) is 27.1 Å². The Morgan fingerprint density at radius 3 is 2.58 bits per heavy atom. The van der Waals surface area contributed by atoms with Gasteiger partial charge in [0.15, 0.2) is 0 Å². The molecule has 0 radical (unpaired) electrons. The lowest BCUT2D eigenvalue weighted by Gasteiger charge is -2.15. The van der Waals surface area contributed by atoms with Gasteiger partial charge in [0.05, 0.1) is 11.6 Å². The van der Waals surface area contributed by atoms with Crippen molar-refractivity contribution in [1.29, 1.82) is 0 Å². The molecule has 136 valence electrons. The molecule has 5 N–H and O–H groups in total. The van der Waals surface area contributed by atoms with Gasteiger partial charge in [0, 0.05) is 35.0 Å². The second kappa shape index (κ2) is 9.21. The molecule has 2 aromatic heterocycles. The van der Waals surface area contributed by atoms with Gasteiger partial charge in [-0.2, -0.15) is 0 Å². The van der Waals surface area contributed by atoms with Gasteiger partial charge in [0.25, 0.3) is 0 Å². The van der Waals surface area contributed by atoms with Crippen molar-refractivity contribution in [3.63, 3.8) is 0 Å². The van der Waals surface area contributed by atoms with Crippen LogP contribution in [0.2, 0.25) is 5.02 Å². The van der Waals surface area contributed by atoms with Crippen LogP contribution in [0, 0.1) is 0 Å². The first-order valence-corrected chi connectivity index (χ1v) is 8.79. The molecule has 0 spiro atoms. The molecule has 0 aliphatic rings. The van der Waals surface area contributed by atoms with Crippen molar-refractivity contribution in [2.45, 2.75) is 23.1 Å². The first-order chi connectivity index (χ1) is 12.1. The minimum atomic E-state index is -0.0900. The zero-order chi connectivity index (χ0) is 17.8. The molecule has 0 aliphatic carbocycles. The van der Waals surface area contributed by atoms with Crippen LogP contribution in [0.15, 0.2) is 58.7 Å². The molecule has 2 heterocycles. The number of halogens is 2. The average molecular weight is 409 g/mol. The van der Waals surface area contributed by atoms with Gasteiger partial charge >= 0.3 is 0 Å². The Kier molecular flexibility index (Phi) is 7.25. The number of hydrogen-bond acceptors (Lipinski definition) is 6. The summed E-state index contributed by atoms with van der Waals surface area (Å²) in [7, 11) is 0. The van der Waals surface area contributed by atoms with Crippen molar-refractivity contribution in [3.8, 4) is 11.1 Å². The third kappa shape index (κ3) is 4.28. The highest BCUT2D eigenvalue weighted by Crippen LogP contribution is 2.40. The highest BCUT2D eigenvalue weighted by molar-refractivity contribution is 7.99. The molecule has 5 nitrogen and oxygen atoms in total. The van der Waals surface area contributed by atoms with Crippen molar-refractivity contribution < 1.29 is 5.11 Å². The Hall–Kier alpha value is -1.83. The number of nitrogens with two attached hydrogens (primary N) is 2. The van der Waals surface area contributed by atoms with E-state index in [4.69, 9.17) is 23.1 Å². The van der Waals surface area contributed by atoms with Crippen LogP contribution in [0.1, 0.15) is 11.1 Å². The molecule has 26 heavy (non-hydrogen) atoms. The van der Waals surface area contributed by atoms with Gasteiger partial charge in [-0.1, -0.05) is 35.5 Å². The molecule has 3 aromatic rings. The topological polar surface area (TPSA) is 98.1 Å². The second-order valence-electron chi connectivity index (χ2n) is 5.31. The lowest BCUT2D eigenvalue weighted by molar-refractivity contribution is 0.278. The van der Waals surface area contributed by atoms with E-state index >= 15 is 0 Å². The van der Waals surface area contributed by atoms with Crippen molar-refractivity contribution in [2.75, 3.05) is 5.73 Å². The molecule has 0 saturated heterocycles. The van der Waals surface area contributed by atoms with Gasteiger partial charge in [-0.3, -0.25) is 0 Å². The maximum Gasteiger partial charge on any atom is 0.123 e. The first-order valence-electron chi connectivity index (χ1n) is 7.60. The van der Waals surface area contributed by atoms with E-state index in [1.165, 1.54) is 11.8 Å². The zero-order valence-corrected chi connectivity index (χ0v) is 16.1. The molecule has 3 rings (SSSR count). The van der Waals surface area contributed by atoms with Crippen molar-refractivity contribution in [2.24, 2.45) is 5.73 Å². The first kappa shape index (κ1) is 20.5. The SMILES string of the molecule is Cl.NCc1c(-c2ccc(N)nc2)ccc(Cl)c1Sc1ncccc1CO. The molecule has 0 fully saturated rings. The number of anilines is 1. The summed E-state index contributed by atoms with van der Waals surface area (Å²) in [6.07, 6.45) is 3.40. The van der Waals surface area contributed by atoms with Crippen LogP contribution in [0.5, 0.6) is 0 Å².